The van der Waals surface area contributed by atoms with E-state index in [4.69, 9.17) is 0 Å². The minimum atomic E-state index is -0.460. The smallest absolute Gasteiger partial charge is 0.259 e. The summed E-state index contributed by atoms with van der Waals surface area (Å²) in [4.78, 5) is 19.3. The molecule has 4 rings (SSSR count). The summed E-state index contributed by atoms with van der Waals surface area (Å²) in [5.41, 5.74) is 3.17. The lowest BCUT2D eigenvalue weighted by Crippen LogP contribution is -2.32. The van der Waals surface area contributed by atoms with Crippen LogP contribution in [0.15, 0.2) is 66.9 Å². The van der Waals surface area contributed by atoms with Gasteiger partial charge in [-0.2, -0.15) is 0 Å². The maximum absolute atomic E-state index is 13.8. The van der Waals surface area contributed by atoms with Crippen LogP contribution in [0.25, 0.3) is 0 Å². The first kappa shape index (κ1) is 16.3. The zero-order chi connectivity index (χ0) is 17.9. The van der Waals surface area contributed by atoms with E-state index < -0.39 is 5.82 Å². The van der Waals surface area contributed by atoms with Crippen LogP contribution in [-0.2, 0) is 13.0 Å². The number of para-hydroxylation sites is 1. The van der Waals surface area contributed by atoms with Crippen molar-refractivity contribution < 1.29 is 9.18 Å². The van der Waals surface area contributed by atoms with Gasteiger partial charge in [0, 0.05) is 19.3 Å². The topological polar surface area (TPSA) is 45.2 Å². The molecule has 0 bridgehead atoms. The summed E-state index contributed by atoms with van der Waals surface area (Å²) < 4.78 is 13.8. The fourth-order valence-corrected chi connectivity index (χ4v) is 3.25. The zero-order valence-corrected chi connectivity index (χ0v) is 14.2. The molecule has 5 heteroatoms. The first-order valence-corrected chi connectivity index (χ1v) is 8.55. The summed E-state index contributed by atoms with van der Waals surface area (Å²) >= 11 is 0. The number of fused-ring (bicyclic) bond motifs is 1. The van der Waals surface area contributed by atoms with Crippen molar-refractivity contribution in [3.05, 3.63) is 89.4 Å². The van der Waals surface area contributed by atoms with Crippen LogP contribution in [0.4, 0.5) is 15.9 Å². The van der Waals surface area contributed by atoms with Crippen LogP contribution >= 0.6 is 0 Å². The number of hydrogen-bond acceptors (Lipinski definition) is 3. The van der Waals surface area contributed by atoms with Crippen LogP contribution in [0.1, 0.15) is 21.5 Å². The van der Waals surface area contributed by atoms with E-state index in [0.717, 1.165) is 13.0 Å². The minimum absolute atomic E-state index is 0.163. The molecule has 0 spiro atoms. The number of aromatic nitrogens is 1. The van der Waals surface area contributed by atoms with Gasteiger partial charge in [0.1, 0.15) is 11.6 Å². The van der Waals surface area contributed by atoms with E-state index in [2.05, 4.69) is 27.3 Å². The third-order valence-electron chi connectivity index (χ3n) is 4.58. The summed E-state index contributed by atoms with van der Waals surface area (Å²) in [6, 6.07) is 17.9. The number of amides is 1. The summed E-state index contributed by atoms with van der Waals surface area (Å²) in [5.74, 6) is -0.203. The SMILES string of the molecule is O=C(Nc1ccccc1F)c1cccnc1N1CCc2ccccc2C1. The lowest BCUT2D eigenvalue weighted by atomic mass is 9.99. The quantitative estimate of drug-likeness (QED) is 0.778. The number of halogens is 1. The maximum Gasteiger partial charge on any atom is 0.259 e. The zero-order valence-electron chi connectivity index (χ0n) is 14.2. The fourth-order valence-electron chi connectivity index (χ4n) is 3.25. The predicted octanol–water partition coefficient (Wildman–Crippen LogP) is 4.04. The third kappa shape index (κ3) is 3.16. The molecule has 1 N–H and O–H groups in total. The van der Waals surface area contributed by atoms with Crippen LogP contribution in [0, 0.1) is 5.82 Å². The maximum atomic E-state index is 13.8. The van der Waals surface area contributed by atoms with Crippen molar-refractivity contribution in [3.8, 4) is 0 Å². The lowest BCUT2D eigenvalue weighted by Gasteiger charge is -2.30. The average molecular weight is 347 g/mol. The summed E-state index contributed by atoms with van der Waals surface area (Å²) in [7, 11) is 0. The molecule has 0 saturated heterocycles. The van der Waals surface area contributed by atoms with Gasteiger partial charge in [-0.25, -0.2) is 9.37 Å². The van der Waals surface area contributed by atoms with E-state index in [1.807, 2.05) is 12.1 Å². The normalized spacial score (nSPS) is 13.2. The second-order valence-corrected chi connectivity index (χ2v) is 6.25. The van der Waals surface area contributed by atoms with Gasteiger partial charge in [0.2, 0.25) is 0 Å². The van der Waals surface area contributed by atoms with Gasteiger partial charge in [0.15, 0.2) is 0 Å². The molecule has 4 nitrogen and oxygen atoms in total. The average Bonchev–Trinajstić information content (AvgIpc) is 2.69. The number of rotatable bonds is 3. The Hall–Kier alpha value is -3.21. The van der Waals surface area contributed by atoms with Gasteiger partial charge in [-0.1, -0.05) is 36.4 Å². The molecule has 3 aromatic rings. The molecule has 1 amide bonds. The third-order valence-corrected chi connectivity index (χ3v) is 4.58. The Morgan fingerprint density at radius 3 is 2.62 bits per heavy atom. The number of carbonyl (C=O) groups is 1. The van der Waals surface area contributed by atoms with Crippen molar-refractivity contribution in [3.63, 3.8) is 0 Å². The first-order valence-electron chi connectivity index (χ1n) is 8.55. The van der Waals surface area contributed by atoms with Gasteiger partial charge in [-0.05, 0) is 41.8 Å². The molecular weight excluding hydrogens is 329 g/mol. The molecule has 0 unspecified atom stereocenters. The van der Waals surface area contributed by atoms with E-state index in [0.29, 0.717) is 17.9 Å². The largest absolute Gasteiger partial charge is 0.351 e. The molecule has 0 saturated carbocycles. The molecule has 0 fully saturated rings. The predicted molar refractivity (Wildman–Crippen MR) is 99.8 cm³/mol. The summed E-state index contributed by atoms with van der Waals surface area (Å²) in [6.45, 7) is 1.49. The number of pyridine rings is 1. The fraction of sp³-hybridized carbons (Fsp3) is 0.143. The van der Waals surface area contributed by atoms with Gasteiger partial charge in [0.25, 0.3) is 5.91 Å². The molecular formula is C21H18FN3O. The van der Waals surface area contributed by atoms with Gasteiger partial charge >= 0.3 is 0 Å². The number of anilines is 2. The summed E-state index contributed by atoms with van der Waals surface area (Å²) in [5, 5.41) is 2.64. The number of nitrogens with one attached hydrogen (secondary N) is 1. The van der Waals surface area contributed by atoms with Crippen LogP contribution in [-0.4, -0.2) is 17.4 Å². The van der Waals surface area contributed by atoms with Crippen LogP contribution in [0.2, 0.25) is 0 Å². The van der Waals surface area contributed by atoms with Crippen molar-refractivity contribution in [2.45, 2.75) is 13.0 Å². The first-order chi connectivity index (χ1) is 12.7. The van der Waals surface area contributed by atoms with Gasteiger partial charge in [-0.15, -0.1) is 0 Å². The van der Waals surface area contributed by atoms with E-state index in [9.17, 15) is 9.18 Å². The van der Waals surface area contributed by atoms with Crippen LogP contribution < -0.4 is 10.2 Å². The van der Waals surface area contributed by atoms with E-state index in [-0.39, 0.29) is 11.6 Å². The molecule has 0 radical (unpaired) electrons. The molecule has 26 heavy (non-hydrogen) atoms. The Bertz CT molecular complexity index is 957. The Morgan fingerprint density at radius 1 is 1.00 bits per heavy atom. The molecule has 1 aromatic heterocycles. The van der Waals surface area contributed by atoms with Gasteiger partial charge in [-0.3, -0.25) is 4.79 Å². The standard InChI is InChI=1S/C21H18FN3O/c22-18-9-3-4-10-19(18)24-21(26)17-8-5-12-23-20(17)25-13-11-15-6-1-2-7-16(15)14-25/h1-10,12H,11,13-14H2,(H,24,26). The molecule has 1 aliphatic rings. The van der Waals surface area contributed by atoms with Crippen molar-refractivity contribution in [2.24, 2.45) is 0 Å². The van der Waals surface area contributed by atoms with Crippen LogP contribution in [0.5, 0.6) is 0 Å². The number of benzene rings is 2. The Balaban J connectivity index is 1.61. The number of carbonyl (C=O) groups excluding carboxylic acids is 1. The molecule has 1 aliphatic heterocycles. The van der Waals surface area contributed by atoms with Gasteiger partial charge < -0.3 is 10.2 Å². The molecule has 130 valence electrons. The Labute approximate surface area is 151 Å². The second-order valence-electron chi connectivity index (χ2n) is 6.25. The second kappa shape index (κ2) is 6.96. The number of nitrogens with zero attached hydrogens (tertiary/aromatic N) is 2. The highest BCUT2D eigenvalue weighted by Gasteiger charge is 2.22. The van der Waals surface area contributed by atoms with E-state index in [1.165, 1.54) is 17.2 Å². The highest BCUT2D eigenvalue weighted by atomic mass is 19.1. The monoisotopic (exact) mass is 347 g/mol. The summed E-state index contributed by atoms with van der Waals surface area (Å²) in [6.07, 6.45) is 2.58. The Kier molecular flexibility index (Phi) is 4.35. The highest BCUT2D eigenvalue weighted by molar-refractivity contribution is 6.07. The van der Waals surface area contributed by atoms with E-state index in [1.54, 1.807) is 36.5 Å². The Morgan fingerprint density at radius 2 is 1.77 bits per heavy atom. The van der Waals surface area contributed by atoms with Crippen molar-refractivity contribution in [1.82, 2.24) is 4.98 Å². The van der Waals surface area contributed by atoms with E-state index >= 15 is 0 Å². The number of hydrogen-bond donors (Lipinski definition) is 1. The lowest BCUT2D eigenvalue weighted by molar-refractivity contribution is 0.102. The van der Waals surface area contributed by atoms with Crippen molar-refractivity contribution in [1.29, 1.82) is 0 Å². The molecule has 0 aliphatic carbocycles. The van der Waals surface area contributed by atoms with Crippen LogP contribution in [0.3, 0.4) is 0 Å². The molecule has 2 aromatic carbocycles. The van der Waals surface area contributed by atoms with Crippen molar-refractivity contribution >= 4 is 17.4 Å². The van der Waals surface area contributed by atoms with Gasteiger partial charge in [0.05, 0.1) is 11.3 Å². The minimum Gasteiger partial charge on any atom is -0.351 e. The molecule has 0 atom stereocenters. The molecule has 2 heterocycles. The highest BCUT2D eigenvalue weighted by Crippen LogP contribution is 2.26. The van der Waals surface area contributed by atoms with Crippen molar-refractivity contribution in [2.75, 3.05) is 16.8 Å².